The van der Waals surface area contributed by atoms with Crippen LogP contribution in [0, 0.1) is 5.92 Å². The molecule has 0 aromatic heterocycles. The van der Waals surface area contributed by atoms with Crippen molar-refractivity contribution in [3.63, 3.8) is 0 Å². The first kappa shape index (κ1) is 29.9. The van der Waals surface area contributed by atoms with Gasteiger partial charge in [0.1, 0.15) is 5.75 Å². The SMILES string of the molecule is O=C(Nc1cccc(OP(=O)(O)O)c1)c1ccc(NCc2ccc(-c3cccc(Cl)c3)cc2)c(CC2CCCCC2)c1. The zero-order chi connectivity index (χ0) is 29.5. The minimum atomic E-state index is -4.70. The molecule has 1 aliphatic rings. The van der Waals surface area contributed by atoms with Crippen LogP contribution in [0.3, 0.4) is 0 Å². The van der Waals surface area contributed by atoms with Crippen molar-refractivity contribution < 1.29 is 23.7 Å². The number of nitrogens with one attached hydrogen (secondary N) is 2. The molecule has 0 atom stereocenters. The van der Waals surface area contributed by atoms with Gasteiger partial charge in [0.25, 0.3) is 5.91 Å². The summed E-state index contributed by atoms with van der Waals surface area (Å²) >= 11 is 6.16. The molecule has 0 saturated heterocycles. The van der Waals surface area contributed by atoms with Gasteiger partial charge in [-0.3, -0.25) is 14.6 Å². The number of carbonyl (C=O) groups excluding carboxylic acids is 1. The van der Waals surface area contributed by atoms with Gasteiger partial charge < -0.3 is 15.2 Å². The number of benzene rings is 4. The first-order valence-corrected chi connectivity index (χ1v) is 16.0. The van der Waals surface area contributed by atoms with Crippen molar-refractivity contribution in [2.24, 2.45) is 5.92 Å². The molecule has 4 N–H and O–H groups in total. The molecule has 42 heavy (non-hydrogen) atoms. The summed E-state index contributed by atoms with van der Waals surface area (Å²) in [7, 11) is -4.70. The van der Waals surface area contributed by atoms with Crippen LogP contribution >= 0.6 is 19.4 Å². The average molecular weight is 605 g/mol. The minimum Gasteiger partial charge on any atom is -0.404 e. The zero-order valence-electron chi connectivity index (χ0n) is 23.1. The van der Waals surface area contributed by atoms with E-state index < -0.39 is 7.82 Å². The van der Waals surface area contributed by atoms with Crippen molar-refractivity contribution in [3.05, 3.63) is 113 Å². The monoisotopic (exact) mass is 604 g/mol. The van der Waals surface area contributed by atoms with Crippen LogP contribution in [-0.2, 0) is 17.5 Å². The Morgan fingerprint density at radius 2 is 1.64 bits per heavy atom. The largest absolute Gasteiger partial charge is 0.524 e. The summed E-state index contributed by atoms with van der Waals surface area (Å²) in [5.74, 6) is 0.242. The summed E-state index contributed by atoms with van der Waals surface area (Å²) < 4.78 is 15.8. The van der Waals surface area contributed by atoms with Gasteiger partial charge in [0.2, 0.25) is 0 Å². The van der Waals surface area contributed by atoms with Gasteiger partial charge in [0, 0.05) is 34.6 Å². The van der Waals surface area contributed by atoms with Crippen LogP contribution in [0.25, 0.3) is 11.1 Å². The van der Waals surface area contributed by atoms with Gasteiger partial charge in [0.15, 0.2) is 0 Å². The highest BCUT2D eigenvalue weighted by molar-refractivity contribution is 7.46. The number of carbonyl (C=O) groups is 1. The Morgan fingerprint density at radius 1 is 0.881 bits per heavy atom. The number of hydrogen-bond acceptors (Lipinski definition) is 4. The fourth-order valence-electron chi connectivity index (χ4n) is 5.43. The van der Waals surface area contributed by atoms with Gasteiger partial charge >= 0.3 is 7.82 Å². The van der Waals surface area contributed by atoms with Gasteiger partial charge in [-0.05, 0) is 77.1 Å². The maximum absolute atomic E-state index is 13.2. The summed E-state index contributed by atoms with van der Waals surface area (Å²) in [6.45, 7) is 0.644. The van der Waals surface area contributed by atoms with E-state index in [-0.39, 0.29) is 11.7 Å². The molecule has 0 bridgehead atoms. The van der Waals surface area contributed by atoms with Crippen molar-refractivity contribution in [1.82, 2.24) is 0 Å². The van der Waals surface area contributed by atoms with E-state index in [0.717, 1.165) is 34.4 Å². The Bertz CT molecular complexity index is 1580. The van der Waals surface area contributed by atoms with Crippen LogP contribution in [0.1, 0.15) is 53.6 Å². The molecule has 9 heteroatoms. The quantitative estimate of drug-likeness (QED) is 0.135. The van der Waals surface area contributed by atoms with Crippen molar-refractivity contribution in [3.8, 4) is 16.9 Å². The van der Waals surface area contributed by atoms with E-state index in [1.54, 1.807) is 18.2 Å². The van der Waals surface area contributed by atoms with Crippen molar-refractivity contribution >= 4 is 36.7 Å². The Kier molecular flexibility index (Phi) is 9.65. The first-order chi connectivity index (χ1) is 20.2. The molecule has 1 saturated carbocycles. The van der Waals surface area contributed by atoms with Gasteiger partial charge in [-0.25, -0.2) is 4.57 Å². The molecule has 5 rings (SSSR count). The molecule has 1 amide bonds. The number of rotatable bonds is 10. The second kappa shape index (κ2) is 13.6. The third-order valence-corrected chi connectivity index (χ3v) is 8.20. The molecule has 7 nitrogen and oxygen atoms in total. The van der Waals surface area contributed by atoms with Crippen LogP contribution in [0.5, 0.6) is 5.75 Å². The topological polar surface area (TPSA) is 108 Å². The Morgan fingerprint density at radius 3 is 2.38 bits per heavy atom. The summed E-state index contributed by atoms with van der Waals surface area (Å²) in [5, 5.41) is 7.11. The van der Waals surface area contributed by atoms with Crippen LogP contribution in [-0.4, -0.2) is 15.7 Å². The number of anilines is 2. The summed E-state index contributed by atoms with van der Waals surface area (Å²) in [6, 6.07) is 27.9. The Hall–Kier alpha value is -3.61. The predicted octanol–water partition coefficient (Wildman–Crippen LogP) is 8.47. The van der Waals surface area contributed by atoms with Crippen LogP contribution in [0.15, 0.2) is 91.0 Å². The summed E-state index contributed by atoms with van der Waals surface area (Å²) in [5.41, 5.74) is 6.32. The Balaban J connectivity index is 1.31. The number of amides is 1. The zero-order valence-corrected chi connectivity index (χ0v) is 24.8. The predicted molar refractivity (Wildman–Crippen MR) is 168 cm³/mol. The maximum atomic E-state index is 13.2. The number of phosphoric ester groups is 1. The van der Waals surface area contributed by atoms with Crippen LogP contribution < -0.4 is 15.2 Å². The van der Waals surface area contributed by atoms with Gasteiger partial charge in [0.05, 0.1) is 0 Å². The smallest absolute Gasteiger partial charge is 0.404 e. The number of hydrogen-bond donors (Lipinski definition) is 4. The number of halogens is 1. The molecule has 218 valence electrons. The molecule has 4 aromatic rings. The fourth-order valence-corrected chi connectivity index (χ4v) is 6.01. The van der Waals surface area contributed by atoms with E-state index in [4.69, 9.17) is 21.4 Å². The van der Waals surface area contributed by atoms with Gasteiger partial charge in [-0.15, -0.1) is 0 Å². The third-order valence-electron chi connectivity index (χ3n) is 7.51. The van der Waals surface area contributed by atoms with Crippen molar-refractivity contribution in [2.45, 2.75) is 45.1 Å². The summed E-state index contributed by atoms with van der Waals surface area (Å²) in [6.07, 6.45) is 7.02. The second-order valence-electron chi connectivity index (χ2n) is 10.7. The fraction of sp³-hybridized carbons (Fsp3) is 0.242. The summed E-state index contributed by atoms with van der Waals surface area (Å²) in [4.78, 5) is 31.4. The van der Waals surface area contributed by atoms with E-state index in [1.807, 2.05) is 36.4 Å². The number of phosphoric acid groups is 1. The molecular formula is C33H34ClN2O5P. The molecule has 1 aliphatic carbocycles. The highest BCUT2D eigenvalue weighted by Crippen LogP contribution is 2.38. The molecule has 0 radical (unpaired) electrons. The van der Waals surface area contributed by atoms with Crippen molar-refractivity contribution in [1.29, 1.82) is 0 Å². The van der Waals surface area contributed by atoms with Gasteiger partial charge in [-0.2, -0.15) is 0 Å². The highest BCUT2D eigenvalue weighted by Gasteiger charge is 2.19. The molecule has 0 spiro atoms. The lowest BCUT2D eigenvalue weighted by molar-refractivity contribution is 0.102. The minimum absolute atomic E-state index is 0.0285. The van der Waals surface area contributed by atoms with E-state index in [1.165, 1.54) is 44.2 Å². The molecule has 0 aliphatic heterocycles. The lowest BCUT2D eigenvalue weighted by atomic mass is 9.84. The lowest BCUT2D eigenvalue weighted by Gasteiger charge is -2.23. The van der Waals surface area contributed by atoms with E-state index in [2.05, 4.69) is 39.4 Å². The maximum Gasteiger partial charge on any atom is 0.524 e. The van der Waals surface area contributed by atoms with E-state index >= 15 is 0 Å². The standard InChI is InChI=1S/C33H34ClN2O5P/c34-29-9-4-8-26(20-29)25-14-12-24(13-15-25)22-35-32-17-16-27(19-28(32)18-23-6-2-1-3-7-23)33(37)36-30-10-5-11-31(21-30)41-42(38,39)40/h4-5,8-17,19-21,23,35H,1-3,6-7,18,22H2,(H,36,37)(H2,38,39,40). The Labute approximate surface area is 251 Å². The molecule has 4 aromatic carbocycles. The average Bonchev–Trinajstić information content (AvgIpc) is 2.96. The normalized spacial score (nSPS) is 13.9. The third kappa shape index (κ3) is 8.46. The van der Waals surface area contributed by atoms with Crippen LogP contribution in [0.4, 0.5) is 11.4 Å². The van der Waals surface area contributed by atoms with Crippen LogP contribution in [0.2, 0.25) is 5.02 Å². The lowest BCUT2D eigenvalue weighted by Crippen LogP contribution is -2.15. The highest BCUT2D eigenvalue weighted by atomic mass is 35.5. The molecule has 0 heterocycles. The van der Waals surface area contributed by atoms with Gasteiger partial charge in [-0.1, -0.05) is 86.2 Å². The second-order valence-corrected chi connectivity index (χ2v) is 12.3. The van der Waals surface area contributed by atoms with E-state index in [0.29, 0.717) is 28.7 Å². The van der Waals surface area contributed by atoms with Crippen molar-refractivity contribution in [2.75, 3.05) is 10.6 Å². The molecule has 0 unspecified atom stereocenters. The molecule has 1 fully saturated rings. The molecular weight excluding hydrogens is 571 g/mol. The van der Waals surface area contributed by atoms with E-state index in [9.17, 15) is 9.36 Å². The first-order valence-electron chi connectivity index (χ1n) is 14.1.